The molecule has 1 fully saturated rings. The molecule has 0 radical (unpaired) electrons. The van der Waals surface area contributed by atoms with Crippen LogP contribution in [0.15, 0.2) is 0 Å². The summed E-state index contributed by atoms with van der Waals surface area (Å²) in [5.74, 6) is 0. The van der Waals surface area contributed by atoms with Crippen molar-refractivity contribution in [2.24, 2.45) is 0 Å². The second kappa shape index (κ2) is 7.25. The fourth-order valence-electron chi connectivity index (χ4n) is 2.55. The van der Waals surface area contributed by atoms with E-state index in [0.29, 0.717) is 12.1 Å². The highest BCUT2D eigenvalue weighted by Crippen LogP contribution is 2.18. The second-order valence-corrected chi connectivity index (χ2v) is 4.73. The Hall–Kier alpha value is -0.120. The molecule has 1 N–H and O–H groups in total. The van der Waals surface area contributed by atoms with Crippen LogP contribution < -0.4 is 0 Å². The number of aliphatic hydroxyl groups is 1. The zero-order valence-electron chi connectivity index (χ0n) is 11.0. The van der Waals surface area contributed by atoms with Crippen LogP contribution in [-0.2, 0) is 4.74 Å². The zero-order valence-corrected chi connectivity index (χ0v) is 11.0. The van der Waals surface area contributed by atoms with Gasteiger partial charge in [0.2, 0.25) is 0 Å². The first-order chi connectivity index (χ1) is 7.72. The summed E-state index contributed by atoms with van der Waals surface area (Å²) >= 11 is 0. The quantitative estimate of drug-likeness (QED) is 0.756. The summed E-state index contributed by atoms with van der Waals surface area (Å²) in [6.45, 7) is 9.22. The highest BCUT2D eigenvalue weighted by Gasteiger charge is 2.28. The average Bonchev–Trinajstić information content (AvgIpc) is 2.31. The molecule has 0 aromatic heterocycles. The van der Waals surface area contributed by atoms with Crippen LogP contribution in [0.4, 0.5) is 0 Å². The van der Waals surface area contributed by atoms with Gasteiger partial charge in [0.05, 0.1) is 18.8 Å². The van der Waals surface area contributed by atoms with Crippen molar-refractivity contribution >= 4 is 0 Å². The fourth-order valence-corrected chi connectivity index (χ4v) is 2.55. The maximum absolute atomic E-state index is 10.1. The summed E-state index contributed by atoms with van der Waals surface area (Å²) in [6, 6.07) is 0.317. The summed E-state index contributed by atoms with van der Waals surface area (Å²) in [6.07, 6.45) is 4.24. The van der Waals surface area contributed by atoms with Crippen molar-refractivity contribution in [2.75, 3.05) is 19.7 Å². The van der Waals surface area contributed by atoms with Gasteiger partial charge in [0.1, 0.15) is 0 Å². The van der Waals surface area contributed by atoms with Gasteiger partial charge in [-0.3, -0.25) is 4.90 Å². The number of aliphatic hydroxyl groups excluding tert-OH is 1. The lowest BCUT2D eigenvalue weighted by Gasteiger charge is -2.39. The molecule has 16 heavy (non-hydrogen) atoms. The standard InChI is InChI=1S/C13H27NO2/c1-4-7-13(15)12(6-3)14-8-9-16-11(5-2)10-14/h11-13,15H,4-10H2,1-3H3. The monoisotopic (exact) mass is 229 g/mol. The molecule has 3 unspecified atom stereocenters. The van der Waals surface area contributed by atoms with E-state index in [1.165, 1.54) is 0 Å². The van der Waals surface area contributed by atoms with Crippen LogP contribution in [0.25, 0.3) is 0 Å². The Morgan fingerprint density at radius 1 is 1.38 bits per heavy atom. The third kappa shape index (κ3) is 3.72. The minimum Gasteiger partial charge on any atom is -0.391 e. The van der Waals surface area contributed by atoms with Gasteiger partial charge in [-0.1, -0.05) is 27.2 Å². The Kier molecular flexibility index (Phi) is 6.32. The molecule has 1 aliphatic heterocycles. The van der Waals surface area contributed by atoms with Crippen molar-refractivity contribution in [1.82, 2.24) is 4.90 Å². The molecule has 1 heterocycles. The van der Waals surface area contributed by atoms with Crippen LogP contribution in [0.1, 0.15) is 46.5 Å². The third-order valence-electron chi connectivity index (χ3n) is 3.54. The molecule has 0 amide bonds. The highest BCUT2D eigenvalue weighted by molar-refractivity contribution is 4.82. The number of hydrogen-bond donors (Lipinski definition) is 1. The Morgan fingerprint density at radius 2 is 2.12 bits per heavy atom. The summed E-state index contributed by atoms with van der Waals surface area (Å²) in [4.78, 5) is 2.41. The predicted molar refractivity (Wildman–Crippen MR) is 66.6 cm³/mol. The molecular formula is C13H27NO2. The number of rotatable bonds is 6. The lowest BCUT2D eigenvalue weighted by molar-refractivity contribution is -0.0673. The Morgan fingerprint density at radius 3 is 2.69 bits per heavy atom. The van der Waals surface area contributed by atoms with Crippen LogP contribution in [0.5, 0.6) is 0 Å². The molecule has 96 valence electrons. The van der Waals surface area contributed by atoms with E-state index >= 15 is 0 Å². The van der Waals surface area contributed by atoms with Crippen molar-refractivity contribution in [3.8, 4) is 0 Å². The van der Waals surface area contributed by atoms with Crippen molar-refractivity contribution in [2.45, 2.75) is 64.7 Å². The van der Waals surface area contributed by atoms with Crippen molar-refractivity contribution in [3.63, 3.8) is 0 Å². The van der Waals surface area contributed by atoms with E-state index in [-0.39, 0.29) is 6.10 Å². The van der Waals surface area contributed by atoms with Gasteiger partial charge in [-0.25, -0.2) is 0 Å². The highest BCUT2D eigenvalue weighted by atomic mass is 16.5. The molecule has 3 heteroatoms. The van der Waals surface area contributed by atoms with Gasteiger partial charge >= 0.3 is 0 Å². The van der Waals surface area contributed by atoms with Crippen molar-refractivity contribution in [3.05, 3.63) is 0 Å². The molecule has 1 saturated heterocycles. The van der Waals surface area contributed by atoms with Gasteiger partial charge in [0, 0.05) is 19.1 Å². The molecular weight excluding hydrogens is 202 g/mol. The molecule has 1 rings (SSSR count). The van der Waals surface area contributed by atoms with Crippen molar-refractivity contribution in [1.29, 1.82) is 0 Å². The van der Waals surface area contributed by atoms with E-state index in [2.05, 4.69) is 25.7 Å². The van der Waals surface area contributed by atoms with Gasteiger partial charge < -0.3 is 9.84 Å². The Bertz CT molecular complexity index is 187. The molecule has 0 aliphatic carbocycles. The second-order valence-electron chi connectivity index (χ2n) is 4.73. The first-order valence-corrected chi connectivity index (χ1v) is 6.76. The first-order valence-electron chi connectivity index (χ1n) is 6.76. The number of nitrogens with zero attached hydrogens (tertiary/aromatic N) is 1. The number of ether oxygens (including phenoxy) is 1. The molecule has 0 aromatic carbocycles. The normalized spacial score (nSPS) is 26.6. The number of morpholine rings is 1. The zero-order chi connectivity index (χ0) is 12.0. The summed E-state index contributed by atoms with van der Waals surface area (Å²) in [7, 11) is 0. The van der Waals surface area contributed by atoms with Gasteiger partial charge in [-0.2, -0.15) is 0 Å². The van der Waals surface area contributed by atoms with Crippen LogP contribution in [-0.4, -0.2) is 48.0 Å². The molecule has 3 atom stereocenters. The molecule has 0 spiro atoms. The number of hydrogen-bond acceptors (Lipinski definition) is 3. The van der Waals surface area contributed by atoms with Crippen LogP contribution in [0, 0.1) is 0 Å². The molecule has 3 nitrogen and oxygen atoms in total. The van der Waals surface area contributed by atoms with Crippen LogP contribution in [0.2, 0.25) is 0 Å². The maximum Gasteiger partial charge on any atom is 0.0700 e. The fraction of sp³-hybridized carbons (Fsp3) is 1.00. The van der Waals surface area contributed by atoms with Crippen molar-refractivity contribution < 1.29 is 9.84 Å². The predicted octanol–water partition coefficient (Wildman–Crippen LogP) is 2.04. The maximum atomic E-state index is 10.1. The molecule has 0 saturated carbocycles. The Labute approximate surface area is 99.8 Å². The van der Waals surface area contributed by atoms with E-state index in [1.807, 2.05) is 0 Å². The van der Waals surface area contributed by atoms with Gasteiger partial charge in [-0.05, 0) is 19.3 Å². The van der Waals surface area contributed by atoms with E-state index < -0.39 is 0 Å². The smallest absolute Gasteiger partial charge is 0.0700 e. The van der Waals surface area contributed by atoms with Gasteiger partial charge in [-0.15, -0.1) is 0 Å². The SMILES string of the molecule is CCCC(O)C(CC)N1CCOC(CC)C1. The van der Waals surface area contributed by atoms with E-state index in [4.69, 9.17) is 4.74 Å². The summed E-state index contributed by atoms with van der Waals surface area (Å²) in [5, 5.41) is 10.1. The average molecular weight is 229 g/mol. The molecule has 0 bridgehead atoms. The minimum absolute atomic E-state index is 0.175. The lowest BCUT2D eigenvalue weighted by Crippen LogP contribution is -2.51. The minimum atomic E-state index is -0.175. The van der Waals surface area contributed by atoms with Gasteiger partial charge in [0.25, 0.3) is 0 Å². The summed E-state index contributed by atoms with van der Waals surface area (Å²) < 4.78 is 5.67. The van der Waals surface area contributed by atoms with Crippen LogP contribution in [0.3, 0.4) is 0 Å². The lowest BCUT2D eigenvalue weighted by atomic mass is 10.0. The van der Waals surface area contributed by atoms with Gasteiger partial charge in [0.15, 0.2) is 0 Å². The van der Waals surface area contributed by atoms with Crippen LogP contribution >= 0.6 is 0 Å². The molecule has 0 aromatic rings. The Balaban J connectivity index is 2.50. The largest absolute Gasteiger partial charge is 0.391 e. The molecule has 1 aliphatic rings. The van der Waals surface area contributed by atoms with E-state index in [9.17, 15) is 5.11 Å². The van der Waals surface area contributed by atoms with E-state index in [1.54, 1.807) is 0 Å². The summed E-state index contributed by atoms with van der Waals surface area (Å²) in [5.41, 5.74) is 0. The first kappa shape index (κ1) is 13.9. The topological polar surface area (TPSA) is 32.7 Å². The third-order valence-corrected chi connectivity index (χ3v) is 3.54. The van der Waals surface area contributed by atoms with E-state index in [0.717, 1.165) is 45.4 Å².